The number of hydrogen-bond acceptors (Lipinski definition) is 3. The van der Waals surface area contributed by atoms with Crippen molar-refractivity contribution in [1.82, 2.24) is 4.72 Å². The van der Waals surface area contributed by atoms with Crippen LogP contribution in [0.3, 0.4) is 0 Å². The number of hydrogen-bond donors (Lipinski definition) is 1. The van der Waals surface area contributed by atoms with E-state index in [0.717, 1.165) is 23.1 Å². The van der Waals surface area contributed by atoms with Crippen molar-refractivity contribution in [2.24, 2.45) is 0 Å². The molecule has 2 aromatic carbocycles. The molecule has 2 rings (SSSR count). The van der Waals surface area contributed by atoms with E-state index in [9.17, 15) is 13.2 Å². The molecule has 1 N–H and O–H groups in total. The normalized spacial score (nSPS) is 12.7. The first-order valence-electron chi connectivity index (χ1n) is 8.13. The van der Waals surface area contributed by atoms with Crippen LogP contribution in [0.4, 0.5) is 5.69 Å². The topological polar surface area (TPSA) is 66.5 Å². The lowest BCUT2D eigenvalue weighted by Gasteiger charge is -2.23. The highest BCUT2D eigenvalue weighted by Gasteiger charge is 2.22. The van der Waals surface area contributed by atoms with Crippen LogP contribution in [0.25, 0.3) is 0 Å². The number of carbonyl (C=O) groups is 1. The Labute approximate surface area is 160 Å². The minimum Gasteiger partial charge on any atom is -0.315 e. The molecule has 0 bridgehead atoms. The fraction of sp³-hybridized carbons (Fsp3) is 0.316. The first-order chi connectivity index (χ1) is 12.1. The van der Waals surface area contributed by atoms with E-state index in [2.05, 4.69) is 4.72 Å². The molecule has 0 radical (unpaired) electrons. The molecule has 0 aromatic heterocycles. The summed E-state index contributed by atoms with van der Waals surface area (Å²) < 4.78 is 26.0. The van der Waals surface area contributed by atoms with Crippen LogP contribution >= 0.6 is 11.6 Å². The number of sulfonamides is 1. The minimum atomic E-state index is -3.48. The number of anilines is 1. The Kier molecular flexibility index (Phi) is 6.44. The van der Waals surface area contributed by atoms with Crippen LogP contribution in [-0.4, -0.2) is 27.6 Å². The van der Waals surface area contributed by atoms with E-state index in [4.69, 9.17) is 11.6 Å². The number of amides is 1. The summed E-state index contributed by atoms with van der Waals surface area (Å²) in [4.78, 5) is 14.3. The molecule has 0 aliphatic rings. The molecular weight excluding hydrogens is 372 g/mol. The summed E-state index contributed by atoms with van der Waals surface area (Å²) in [5, 5.41) is 0.547. The highest BCUT2D eigenvalue weighted by atomic mass is 35.5. The molecule has 0 spiro atoms. The third kappa shape index (κ3) is 5.56. The molecule has 0 saturated heterocycles. The maximum Gasteiger partial charge on any atom is 0.228 e. The second-order valence-corrected chi connectivity index (χ2v) is 8.64. The van der Waals surface area contributed by atoms with Gasteiger partial charge in [-0.05, 0) is 54.8 Å². The average molecular weight is 395 g/mol. The predicted molar refractivity (Wildman–Crippen MR) is 106 cm³/mol. The molecule has 5 nitrogen and oxygen atoms in total. The van der Waals surface area contributed by atoms with Gasteiger partial charge in [-0.25, -0.2) is 13.1 Å². The Bertz CT molecular complexity index is 896. The summed E-state index contributed by atoms with van der Waals surface area (Å²) >= 11 is 5.90. The van der Waals surface area contributed by atoms with Gasteiger partial charge in [0.1, 0.15) is 0 Å². The molecule has 0 aliphatic heterocycles. The van der Waals surface area contributed by atoms with E-state index in [1.165, 1.54) is 0 Å². The lowest BCUT2D eigenvalue weighted by atomic mass is 10.0. The number of halogens is 1. The highest BCUT2D eigenvalue weighted by molar-refractivity contribution is 7.88. The first kappa shape index (κ1) is 20.4. The summed E-state index contributed by atoms with van der Waals surface area (Å²) in [6.07, 6.45) is 1.07. The lowest BCUT2D eigenvalue weighted by Crippen LogP contribution is -2.34. The largest absolute Gasteiger partial charge is 0.315 e. The molecule has 0 saturated carbocycles. The van der Waals surface area contributed by atoms with E-state index >= 15 is 0 Å². The van der Waals surface area contributed by atoms with Crippen LogP contribution in [0.1, 0.15) is 29.2 Å². The van der Waals surface area contributed by atoms with Gasteiger partial charge in [0.25, 0.3) is 0 Å². The smallest absolute Gasteiger partial charge is 0.228 e. The highest BCUT2D eigenvalue weighted by Crippen LogP contribution is 2.24. The van der Waals surface area contributed by atoms with Crippen molar-refractivity contribution in [1.29, 1.82) is 0 Å². The van der Waals surface area contributed by atoms with Gasteiger partial charge in [0, 0.05) is 24.2 Å². The molecule has 0 heterocycles. The summed E-state index contributed by atoms with van der Waals surface area (Å²) in [7, 11) is -1.80. The fourth-order valence-corrected chi connectivity index (χ4v) is 3.43. The quantitative estimate of drug-likeness (QED) is 0.813. The molecule has 0 fully saturated rings. The molecule has 1 unspecified atom stereocenters. The number of rotatable bonds is 6. The van der Waals surface area contributed by atoms with Gasteiger partial charge in [0.15, 0.2) is 0 Å². The van der Waals surface area contributed by atoms with E-state index in [0.29, 0.717) is 10.6 Å². The van der Waals surface area contributed by atoms with Crippen molar-refractivity contribution >= 4 is 33.2 Å². The van der Waals surface area contributed by atoms with E-state index in [1.54, 1.807) is 36.2 Å². The Hall–Kier alpha value is -1.89. The first-order valence-corrected chi connectivity index (χ1v) is 10.4. The molecule has 2 aromatic rings. The molecule has 140 valence electrons. The molecule has 0 aliphatic carbocycles. The molecular formula is C19H23ClN2O3S. The zero-order valence-corrected chi connectivity index (χ0v) is 16.9. The average Bonchev–Trinajstić information content (AvgIpc) is 2.55. The summed E-state index contributed by atoms with van der Waals surface area (Å²) in [5.74, 6) is -0.190. The number of nitrogens with zero attached hydrogens (tertiary/aromatic N) is 1. The Morgan fingerprint density at radius 2 is 1.73 bits per heavy atom. The van der Waals surface area contributed by atoms with Crippen molar-refractivity contribution in [2.45, 2.75) is 26.3 Å². The number of aryl methyl sites for hydroxylation is 2. The second kappa shape index (κ2) is 8.20. The third-order valence-electron chi connectivity index (χ3n) is 4.26. The van der Waals surface area contributed by atoms with Crippen LogP contribution in [0.15, 0.2) is 42.5 Å². The van der Waals surface area contributed by atoms with Crippen molar-refractivity contribution in [2.75, 3.05) is 18.2 Å². The van der Waals surface area contributed by atoms with Gasteiger partial charge in [-0.15, -0.1) is 0 Å². The zero-order chi connectivity index (χ0) is 19.5. The van der Waals surface area contributed by atoms with Crippen LogP contribution in [-0.2, 0) is 14.8 Å². The molecule has 1 atom stereocenters. The maximum absolute atomic E-state index is 12.7. The van der Waals surface area contributed by atoms with Crippen LogP contribution in [0, 0.1) is 13.8 Å². The van der Waals surface area contributed by atoms with Crippen molar-refractivity contribution in [3.63, 3.8) is 0 Å². The summed E-state index contributed by atoms with van der Waals surface area (Å²) in [5.41, 5.74) is 3.69. The molecule has 1 amide bonds. The van der Waals surface area contributed by atoms with Crippen LogP contribution < -0.4 is 9.62 Å². The lowest BCUT2D eigenvalue weighted by molar-refractivity contribution is -0.118. The summed E-state index contributed by atoms with van der Waals surface area (Å²) in [6, 6.07) is 11.9. The SMILES string of the molecule is Cc1ccc(N(C)C(=O)CC(NS(C)(=O)=O)c2ccc(Cl)cc2)cc1C. The minimum absolute atomic E-state index is 0.00186. The Morgan fingerprint density at radius 3 is 2.27 bits per heavy atom. The van der Waals surface area contributed by atoms with E-state index < -0.39 is 16.1 Å². The number of nitrogens with one attached hydrogen (secondary N) is 1. The standard InChI is InChI=1S/C19H23ClN2O3S/c1-13-5-10-17(11-14(13)2)22(3)19(23)12-18(21-26(4,24)25)15-6-8-16(20)9-7-15/h5-11,18,21H,12H2,1-4H3. The fourth-order valence-electron chi connectivity index (χ4n) is 2.57. The van der Waals surface area contributed by atoms with E-state index in [1.807, 2.05) is 32.0 Å². The van der Waals surface area contributed by atoms with Crippen LogP contribution in [0.2, 0.25) is 5.02 Å². The van der Waals surface area contributed by atoms with Gasteiger partial charge in [0.05, 0.1) is 12.3 Å². The summed E-state index contributed by atoms with van der Waals surface area (Å²) in [6.45, 7) is 3.99. The molecule has 26 heavy (non-hydrogen) atoms. The van der Waals surface area contributed by atoms with Crippen LogP contribution in [0.5, 0.6) is 0 Å². The van der Waals surface area contributed by atoms with Gasteiger partial charge in [-0.2, -0.15) is 0 Å². The maximum atomic E-state index is 12.7. The molecule has 7 heteroatoms. The second-order valence-electron chi connectivity index (χ2n) is 6.42. The number of benzene rings is 2. The monoisotopic (exact) mass is 394 g/mol. The van der Waals surface area contributed by atoms with Gasteiger partial charge in [-0.1, -0.05) is 29.8 Å². The van der Waals surface area contributed by atoms with Crippen molar-refractivity contribution in [3.05, 3.63) is 64.2 Å². The predicted octanol–water partition coefficient (Wildman–Crippen LogP) is 3.60. The van der Waals surface area contributed by atoms with Crippen molar-refractivity contribution in [3.8, 4) is 0 Å². The van der Waals surface area contributed by atoms with Crippen molar-refractivity contribution < 1.29 is 13.2 Å². The van der Waals surface area contributed by atoms with Gasteiger partial charge < -0.3 is 4.90 Å². The number of carbonyl (C=O) groups excluding carboxylic acids is 1. The Morgan fingerprint density at radius 1 is 1.12 bits per heavy atom. The van der Waals surface area contributed by atoms with Gasteiger partial charge >= 0.3 is 0 Å². The third-order valence-corrected chi connectivity index (χ3v) is 5.22. The Balaban J connectivity index is 2.24. The van der Waals surface area contributed by atoms with Gasteiger partial charge in [0.2, 0.25) is 15.9 Å². The zero-order valence-electron chi connectivity index (χ0n) is 15.3. The van der Waals surface area contributed by atoms with Gasteiger partial charge in [-0.3, -0.25) is 4.79 Å². The van der Waals surface area contributed by atoms with E-state index in [-0.39, 0.29) is 12.3 Å².